The van der Waals surface area contributed by atoms with Gasteiger partial charge in [-0.1, -0.05) is 46.3 Å². The maximum absolute atomic E-state index is 11.4. The van der Waals surface area contributed by atoms with Gasteiger partial charge in [0.1, 0.15) is 0 Å². The molecule has 5 heteroatoms. The molecule has 0 saturated heterocycles. The van der Waals surface area contributed by atoms with Crippen molar-refractivity contribution in [1.82, 2.24) is 10.6 Å². The smallest absolute Gasteiger partial charge is 0.231 e. The van der Waals surface area contributed by atoms with E-state index in [9.17, 15) is 9.59 Å². The van der Waals surface area contributed by atoms with E-state index in [1.165, 1.54) is 6.92 Å². The fourth-order valence-corrected chi connectivity index (χ4v) is 1.58. The van der Waals surface area contributed by atoms with Gasteiger partial charge in [-0.2, -0.15) is 0 Å². The van der Waals surface area contributed by atoms with Crippen molar-refractivity contribution in [3.8, 4) is 0 Å². The van der Waals surface area contributed by atoms with Gasteiger partial charge in [0.15, 0.2) is 0 Å². The van der Waals surface area contributed by atoms with Crippen LogP contribution in [0, 0.1) is 0 Å². The van der Waals surface area contributed by atoms with E-state index in [-0.39, 0.29) is 23.2 Å². The van der Waals surface area contributed by atoms with Crippen molar-refractivity contribution in [2.24, 2.45) is 0 Å². The molecule has 0 saturated carbocycles. The zero-order valence-corrected chi connectivity index (χ0v) is 11.2. The zero-order valence-electron chi connectivity index (χ0n) is 9.57. The van der Waals surface area contributed by atoms with E-state index in [1.54, 1.807) is 0 Å². The first-order chi connectivity index (χ1) is 8.13. The molecular formula is C12H15BrN2O2. The van der Waals surface area contributed by atoms with Crippen molar-refractivity contribution < 1.29 is 9.59 Å². The molecule has 0 aliphatic rings. The second kappa shape index (κ2) is 7.06. The number of carbonyl (C=O) groups excluding carboxylic acids is 2. The third-order valence-electron chi connectivity index (χ3n) is 2.21. The molecule has 1 atom stereocenters. The predicted octanol–water partition coefficient (Wildman–Crippen LogP) is 1.37. The second-order valence-corrected chi connectivity index (χ2v) is 4.16. The zero-order chi connectivity index (χ0) is 12.7. The molecule has 1 unspecified atom stereocenters. The summed E-state index contributed by atoms with van der Waals surface area (Å²) in [5.74, 6) is -0.219. The van der Waals surface area contributed by atoms with Gasteiger partial charge in [-0.05, 0) is 5.56 Å². The minimum atomic E-state index is -0.204. The molecule has 0 radical (unpaired) electrons. The highest BCUT2D eigenvalue weighted by Crippen LogP contribution is 2.11. The SMILES string of the molecule is CC(=O)NCC(NC(=O)CBr)c1ccccc1. The van der Waals surface area contributed by atoms with Crippen molar-refractivity contribution >= 4 is 27.7 Å². The van der Waals surface area contributed by atoms with Crippen LogP contribution >= 0.6 is 15.9 Å². The van der Waals surface area contributed by atoms with Crippen molar-refractivity contribution in [2.45, 2.75) is 13.0 Å². The summed E-state index contributed by atoms with van der Waals surface area (Å²) in [7, 11) is 0. The molecule has 0 aliphatic heterocycles. The third-order valence-corrected chi connectivity index (χ3v) is 2.72. The first-order valence-corrected chi connectivity index (χ1v) is 6.40. The molecule has 2 N–H and O–H groups in total. The summed E-state index contributed by atoms with van der Waals surface area (Å²) in [6.45, 7) is 1.84. The summed E-state index contributed by atoms with van der Waals surface area (Å²) < 4.78 is 0. The first-order valence-electron chi connectivity index (χ1n) is 5.28. The Kier molecular flexibility index (Phi) is 5.69. The lowest BCUT2D eigenvalue weighted by Gasteiger charge is -2.18. The standard InChI is InChI=1S/C12H15BrN2O2/c1-9(16)14-8-11(15-12(17)7-13)10-5-3-2-4-6-10/h2-6,11H,7-8H2,1H3,(H,14,16)(H,15,17). The summed E-state index contributed by atoms with van der Waals surface area (Å²) in [6, 6.07) is 9.34. The molecule has 92 valence electrons. The summed E-state index contributed by atoms with van der Waals surface area (Å²) >= 11 is 3.10. The van der Waals surface area contributed by atoms with Crippen LogP contribution in [-0.4, -0.2) is 23.7 Å². The molecule has 1 rings (SSSR count). The number of nitrogens with one attached hydrogen (secondary N) is 2. The Morgan fingerprint density at radius 3 is 2.47 bits per heavy atom. The number of benzene rings is 1. The van der Waals surface area contributed by atoms with Crippen LogP contribution in [0.2, 0.25) is 0 Å². The van der Waals surface area contributed by atoms with Crippen LogP contribution in [0.25, 0.3) is 0 Å². The Bertz CT molecular complexity index is 381. The lowest BCUT2D eigenvalue weighted by Crippen LogP contribution is -2.37. The van der Waals surface area contributed by atoms with E-state index in [0.717, 1.165) is 5.56 Å². The molecule has 0 bridgehead atoms. The Labute approximate surface area is 109 Å². The van der Waals surface area contributed by atoms with E-state index in [0.29, 0.717) is 6.54 Å². The molecule has 0 fully saturated rings. The Morgan fingerprint density at radius 2 is 1.94 bits per heavy atom. The molecule has 0 spiro atoms. The van der Waals surface area contributed by atoms with E-state index < -0.39 is 0 Å². The molecular weight excluding hydrogens is 284 g/mol. The average molecular weight is 299 g/mol. The minimum Gasteiger partial charge on any atom is -0.354 e. The van der Waals surface area contributed by atoms with Gasteiger partial charge in [-0.3, -0.25) is 9.59 Å². The maximum Gasteiger partial charge on any atom is 0.231 e. The third kappa shape index (κ3) is 4.99. The van der Waals surface area contributed by atoms with Crippen LogP contribution < -0.4 is 10.6 Å². The molecule has 1 aromatic rings. The van der Waals surface area contributed by atoms with Gasteiger partial charge in [0.25, 0.3) is 0 Å². The van der Waals surface area contributed by atoms with E-state index in [4.69, 9.17) is 0 Å². The van der Waals surface area contributed by atoms with E-state index >= 15 is 0 Å². The fraction of sp³-hybridized carbons (Fsp3) is 0.333. The molecule has 0 heterocycles. The fourth-order valence-electron chi connectivity index (χ4n) is 1.42. The van der Waals surface area contributed by atoms with Crippen molar-refractivity contribution in [1.29, 1.82) is 0 Å². The lowest BCUT2D eigenvalue weighted by atomic mass is 10.1. The summed E-state index contributed by atoms with van der Waals surface area (Å²) in [5, 5.41) is 5.79. The highest BCUT2D eigenvalue weighted by atomic mass is 79.9. The van der Waals surface area contributed by atoms with Crippen LogP contribution in [0.15, 0.2) is 30.3 Å². The van der Waals surface area contributed by atoms with Gasteiger partial charge in [0, 0.05) is 13.5 Å². The van der Waals surface area contributed by atoms with Crippen LogP contribution in [0.1, 0.15) is 18.5 Å². The lowest BCUT2D eigenvalue weighted by molar-refractivity contribution is -0.121. The van der Waals surface area contributed by atoms with Gasteiger partial charge < -0.3 is 10.6 Å². The quantitative estimate of drug-likeness (QED) is 0.807. The molecule has 4 nitrogen and oxygen atoms in total. The molecule has 0 aliphatic carbocycles. The highest BCUT2D eigenvalue weighted by molar-refractivity contribution is 9.09. The monoisotopic (exact) mass is 298 g/mol. The molecule has 2 amide bonds. The van der Waals surface area contributed by atoms with Crippen molar-refractivity contribution in [2.75, 3.05) is 11.9 Å². The normalized spacial score (nSPS) is 11.6. The van der Waals surface area contributed by atoms with Gasteiger partial charge in [-0.25, -0.2) is 0 Å². The second-order valence-electron chi connectivity index (χ2n) is 3.60. The molecule has 0 aromatic heterocycles. The van der Waals surface area contributed by atoms with Crippen LogP contribution in [-0.2, 0) is 9.59 Å². The number of carbonyl (C=O) groups is 2. The number of hydrogen-bond acceptors (Lipinski definition) is 2. The molecule has 17 heavy (non-hydrogen) atoms. The number of hydrogen-bond donors (Lipinski definition) is 2. The summed E-state index contributed by atoms with van der Waals surface area (Å²) in [6.07, 6.45) is 0. The topological polar surface area (TPSA) is 58.2 Å². The summed E-state index contributed by atoms with van der Waals surface area (Å²) in [5.41, 5.74) is 0.968. The van der Waals surface area contributed by atoms with Crippen LogP contribution in [0.4, 0.5) is 0 Å². The van der Waals surface area contributed by atoms with Gasteiger partial charge in [0.2, 0.25) is 11.8 Å². The van der Waals surface area contributed by atoms with Crippen LogP contribution in [0.5, 0.6) is 0 Å². The van der Waals surface area contributed by atoms with Gasteiger partial charge in [-0.15, -0.1) is 0 Å². The largest absolute Gasteiger partial charge is 0.354 e. The van der Waals surface area contributed by atoms with Crippen molar-refractivity contribution in [3.63, 3.8) is 0 Å². The maximum atomic E-state index is 11.4. The average Bonchev–Trinajstić information content (AvgIpc) is 2.35. The number of alkyl halides is 1. The van der Waals surface area contributed by atoms with E-state index in [2.05, 4.69) is 26.6 Å². The Hall–Kier alpha value is -1.36. The number of halogens is 1. The minimum absolute atomic E-state index is 0.107. The predicted molar refractivity (Wildman–Crippen MR) is 69.8 cm³/mol. The Balaban J connectivity index is 2.71. The van der Waals surface area contributed by atoms with Gasteiger partial charge >= 0.3 is 0 Å². The van der Waals surface area contributed by atoms with E-state index in [1.807, 2.05) is 30.3 Å². The van der Waals surface area contributed by atoms with Gasteiger partial charge in [0.05, 0.1) is 11.4 Å². The first kappa shape index (κ1) is 13.7. The van der Waals surface area contributed by atoms with Crippen LogP contribution in [0.3, 0.4) is 0 Å². The summed E-state index contributed by atoms with van der Waals surface area (Å²) in [4.78, 5) is 22.3. The number of rotatable bonds is 5. The van der Waals surface area contributed by atoms with Crippen molar-refractivity contribution in [3.05, 3.63) is 35.9 Å². The highest BCUT2D eigenvalue weighted by Gasteiger charge is 2.13. The number of amides is 2. The molecule has 1 aromatic carbocycles. The Morgan fingerprint density at radius 1 is 1.29 bits per heavy atom.